The predicted molar refractivity (Wildman–Crippen MR) is 84.0 cm³/mol. The van der Waals surface area contributed by atoms with E-state index in [1.165, 1.54) is 22.3 Å². The molecule has 2 rings (SSSR count). The molecule has 0 fully saturated rings. The first-order chi connectivity index (χ1) is 9.20. The van der Waals surface area contributed by atoms with Gasteiger partial charge in [-0.25, -0.2) is 0 Å². The van der Waals surface area contributed by atoms with Gasteiger partial charge in [0.2, 0.25) is 0 Å². The molecule has 2 heteroatoms. The molecule has 0 heterocycles. The summed E-state index contributed by atoms with van der Waals surface area (Å²) >= 11 is 3.77. The van der Waals surface area contributed by atoms with Gasteiger partial charge in [-0.2, -0.15) is 0 Å². The highest BCUT2D eigenvalue weighted by molar-refractivity contribution is 9.09. The quantitative estimate of drug-likeness (QED) is 0.728. The van der Waals surface area contributed by atoms with Crippen LogP contribution in [0.4, 0.5) is 0 Å². The van der Waals surface area contributed by atoms with Crippen LogP contribution in [0, 0.1) is 6.92 Å². The van der Waals surface area contributed by atoms with Gasteiger partial charge in [-0.3, -0.25) is 0 Å². The van der Waals surface area contributed by atoms with Crippen molar-refractivity contribution in [3.8, 4) is 0 Å². The van der Waals surface area contributed by atoms with Gasteiger partial charge in [0, 0.05) is 7.11 Å². The molecule has 2 aromatic carbocycles. The number of ether oxygens (including phenoxy) is 1. The first-order valence-electron chi connectivity index (χ1n) is 6.49. The van der Waals surface area contributed by atoms with Crippen LogP contribution in [-0.2, 0) is 11.2 Å². The Morgan fingerprint density at radius 1 is 0.947 bits per heavy atom. The van der Waals surface area contributed by atoms with Gasteiger partial charge in [0.15, 0.2) is 0 Å². The zero-order valence-corrected chi connectivity index (χ0v) is 13.0. The molecule has 0 saturated heterocycles. The van der Waals surface area contributed by atoms with Gasteiger partial charge >= 0.3 is 0 Å². The molecule has 0 radical (unpaired) electrons. The molecule has 1 nitrogen and oxygen atoms in total. The summed E-state index contributed by atoms with van der Waals surface area (Å²) in [7, 11) is 1.74. The number of rotatable bonds is 5. The van der Waals surface area contributed by atoms with E-state index in [-0.39, 0.29) is 4.83 Å². The lowest BCUT2D eigenvalue weighted by Gasteiger charge is -2.12. The first kappa shape index (κ1) is 14.3. The maximum absolute atomic E-state index is 5.09. The van der Waals surface area contributed by atoms with E-state index >= 15 is 0 Å². The van der Waals surface area contributed by atoms with E-state index in [0.717, 1.165) is 13.0 Å². The van der Waals surface area contributed by atoms with Gasteiger partial charge in [-0.05, 0) is 30.0 Å². The summed E-state index contributed by atoms with van der Waals surface area (Å²) in [6.07, 6.45) is 0.967. The van der Waals surface area contributed by atoms with Crippen LogP contribution in [-0.4, -0.2) is 13.7 Å². The van der Waals surface area contributed by atoms with Crippen LogP contribution in [0.3, 0.4) is 0 Å². The van der Waals surface area contributed by atoms with Crippen LogP contribution in [0.5, 0.6) is 0 Å². The van der Waals surface area contributed by atoms with E-state index < -0.39 is 0 Å². The Kier molecular flexibility index (Phi) is 5.17. The van der Waals surface area contributed by atoms with Crippen LogP contribution in [0.1, 0.15) is 27.1 Å². The number of hydrogen-bond donors (Lipinski definition) is 0. The van der Waals surface area contributed by atoms with Gasteiger partial charge in [-0.1, -0.05) is 70.0 Å². The fourth-order valence-electron chi connectivity index (χ4n) is 2.00. The Labute approximate surface area is 123 Å². The summed E-state index contributed by atoms with van der Waals surface area (Å²) in [6, 6.07) is 17.4. The highest BCUT2D eigenvalue weighted by Crippen LogP contribution is 2.30. The van der Waals surface area contributed by atoms with E-state index in [2.05, 4.69) is 71.4 Å². The normalized spacial score (nSPS) is 12.4. The highest BCUT2D eigenvalue weighted by Gasteiger charge is 2.09. The number of methoxy groups -OCH3 is 1. The van der Waals surface area contributed by atoms with Crippen molar-refractivity contribution >= 4 is 15.9 Å². The van der Waals surface area contributed by atoms with Crippen molar-refractivity contribution in [2.24, 2.45) is 0 Å². The molecule has 1 atom stereocenters. The average molecular weight is 319 g/mol. The summed E-state index contributed by atoms with van der Waals surface area (Å²) < 4.78 is 5.09. The number of aryl methyl sites for hydroxylation is 1. The minimum Gasteiger partial charge on any atom is -0.384 e. The molecule has 0 amide bonds. The van der Waals surface area contributed by atoms with Crippen molar-refractivity contribution in [3.05, 3.63) is 70.8 Å². The third-order valence-electron chi connectivity index (χ3n) is 3.24. The molecular formula is C17H19BrO. The van der Waals surface area contributed by atoms with E-state index in [0.29, 0.717) is 0 Å². The number of alkyl halides is 1. The lowest BCUT2D eigenvalue weighted by molar-refractivity contribution is 0.202. The van der Waals surface area contributed by atoms with Gasteiger partial charge in [0.05, 0.1) is 11.4 Å². The minimum atomic E-state index is 0.254. The Balaban J connectivity index is 2.10. The lowest BCUT2D eigenvalue weighted by atomic mass is 10.0. The largest absolute Gasteiger partial charge is 0.384 e. The molecule has 0 N–H and O–H groups in total. The second-order valence-electron chi connectivity index (χ2n) is 4.76. The van der Waals surface area contributed by atoms with Crippen molar-refractivity contribution < 1.29 is 4.74 Å². The highest BCUT2D eigenvalue weighted by atomic mass is 79.9. The van der Waals surface area contributed by atoms with E-state index in [1.54, 1.807) is 7.11 Å². The van der Waals surface area contributed by atoms with E-state index in [1.807, 2.05) is 0 Å². The fourth-order valence-corrected chi connectivity index (χ4v) is 2.61. The Bertz CT molecular complexity index is 502. The fraction of sp³-hybridized carbons (Fsp3) is 0.294. The van der Waals surface area contributed by atoms with Crippen LogP contribution in [0.15, 0.2) is 48.5 Å². The van der Waals surface area contributed by atoms with Crippen molar-refractivity contribution in [2.75, 3.05) is 13.7 Å². The van der Waals surface area contributed by atoms with Crippen LogP contribution >= 0.6 is 15.9 Å². The maximum Gasteiger partial charge on any atom is 0.0644 e. The van der Waals surface area contributed by atoms with E-state index in [4.69, 9.17) is 4.74 Å². The third kappa shape index (κ3) is 3.92. The molecule has 2 aromatic rings. The first-order valence-corrected chi connectivity index (χ1v) is 7.40. The molecular weight excluding hydrogens is 300 g/mol. The Hall–Kier alpha value is -1.12. The molecule has 0 aliphatic carbocycles. The van der Waals surface area contributed by atoms with Crippen molar-refractivity contribution in [1.29, 1.82) is 0 Å². The number of benzene rings is 2. The molecule has 0 saturated carbocycles. The van der Waals surface area contributed by atoms with Crippen molar-refractivity contribution in [2.45, 2.75) is 18.2 Å². The zero-order chi connectivity index (χ0) is 13.7. The zero-order valence-electron chi connectivity index (χ0n) is 11.4. The van der Waals surface area contributed by atoms with Gasteiger partial charge in [-0.15, -0.1) is 0 Å². The molecule has 0 bridgehead atoms. The SMILES string of the molecule is COCCc1ccc(C(Br)c2ccc(C)cc2)cc1. The van der Waals surface area contributed by atoms with Crippen LogP contribution in [0.25, 0.3) is 0 Å². The summed E-state index contributed by atoms with van der Waals surface area (Å²) in [5.41, 5.74) is 5.17. The predicted octanol–water partition coefficient (Wildman–Crippen LogP) is 4.67. The summed E-state index contributed by atoms with van der Waals surface area (Å²) in [5.74, 6) is 0. The summed E-state index contributed by atoms with van der Waals surface area (Å²) in [6.45, 7) is 2.88. The Morgan fingerprint density at radius 3 is 2.00 bits per heavy atom. The number of halogens is 1. The van der Waals surface area contributed by atoms with Crippen LogP contribution in [0.2, 0.25) is 0 Å². The summed E-state index contributed by atoms with van der Waals surface area (Å²) in [5, 5.41) is 0. The van der Waals surface area contributed by atoms with Crippen LogP contribution < -0.4 is 0 Å². The average Bonchev–Trinajstić information content (AvgIpc) is 2.46. The van der Waals surface area contributed by atoms with Crippen molar-refractivity contribution in [1.82, 2.24) is 0 Å². The van der Waals surface area contributed by atoms with E-state index in [9.17, 15) is 0 Å². The second-order valence-corrected chi connectivity index (χ2v) is 5.67. The van der Waals surface area contributed by atoms with Gasteiger partial charge in [0.25, 0.3) is 0 Å². The van der Waals surface area contributed by atoms with Crippen molar-refractivity contribution in [3.63, 3.8) is 0 Å². The molecule has 19 heavy (non-hydrogen) atoms. The maximum atomic E-state index is 5.09. The lowest BCUT2D eigenvalue weighted by Crippen LogP contribution is -1.96. The van der Waals surface area contributed by atoms with Gasteiger partial charge in [0.1, 0.15) is 0 Å². The molecule has 0 aliphatic heterocycles. The smallest absolute Gasteiger partial charge is 0.0644 e. The molecule has 0 aromatic heterocycles. The minimum absolute atomic E-state index is 0.254. The summed E-state index contributed by atoms with van der Waals surface area (Å²) in [4.78, 5) is 0.254. The monoisotopic (exact) mass is 318 g/mol. The topological polar surface area (TPSA) is 9.23 Å². The molecule has 0 aliphatic rings. The standard InChI is InChI=1S/C17H19BrO/c1-13-3-7-15(8-4-13)17(18)16-9-5-14(6-10-16)11-12-19-2/h3-10,17H,11-12H2,1-2H3. The Morgan fingerprint density at radius 2 is 1.47 bits per heavy atom. The molecule has 100 valence electrons. The second kappa shape index (κ2) is 6.88. The molecule has 1 unspecified atom stereocenters. The van der Waals surface area contributed by atoms with Gasteiger partial charge < -0.3 is 4.74 Å². The number of hydrogen-bond acceptors (Lipinski definition) is 1. The third-order valence-corrected chi connectivity index (χ3v) is 4.29. The molecule has 0 spiro atoms.